The molecule has 3 nitrogen and oxygen atoms in total. The van der Waals surface area contributed by atoms with Crippen molar-refractivity contribution in [2.45, 2.75) is 46.1 Å². The van der Waals surface area contributed by atoms with Gasteiger partial charge >= 0.3 is 0 Å². The molecule has 1 aliphatic heterocycles. The van der Waals surface area contributed by atoms with Crippen LogP contribution in [-0.2, 0) is 4.84 Å². The summed E-state index contributed by atoms with van der Waals surface area (Å²) in [4.78, 5) is 10.4. The van der Waals surface area contributed by atoms with Gasteiger partial charge in [0.15, 0.2) is 0 Å². The monoisotopic (exact) mass is 198 g/mol. The highest BCUT2D eigenvalue weighted by atomic mass is 16.7. The Hall–Kier alpha value is -0.410. The van der Waals surface area contributed by atoms with E-state index in [0.717, 1.165) is 31.8 Å². The van der Waals surface area contributed by atoms with Crippen LogP contribution >= 0.6 is 0 Å². The third kappa shape index (κ3) is 2.55. The van der Waals surface area contributed by atoms with Gasteiger partial charge in [-0.1, -0.05) is 6.92 Å². The van der Waals surface area contributed by atoms with Crippen LogP contribution in [0.1, 0.15) is 40.5 Å². The quantitative estimate of drug-likeness (QED) is 0.633. The van der Waals surface area contributed by atoms with Crippen LogP contribution in [0.3, 0.4) is 0 Å². The standard InChI is InChI=1S/C11H22N2O/c1-5-11(4,10(3)12-6-2)14-13-8-7-9-13/h5-9H2,1-4H3. The first-order valence-electron chi connectivity index (χ1n) is 5.58. The molecule has 1 fully saturated rings. The highest BCUT2D eigenvalue weighted by molar-refractivity contribution is 5.90. The molecule has 14 heavy (non-hydrogen) atoms. The van der Waals surface area contributed by atoms with Crippen LogP contribution in [0.4, 0.5) is 0 Å². The maximum Gasteiger partial charge on any atom is 0.124 e. The van der Waals surface area contributed by atoms with Gasteiger partial charge in [0.05, 0.1) is 0 Å². The number of hydrogen-bond acceptors (Lipinski definition) is 3. The Morgan fingerprint density at radius 2 is 2.07 bits per heavy atom. The van der Waals surface area contributed by atoms with E-state index in [1.807, 2.05) is 5.06 Å². The van der Waals surface area contributed by atoms with Crippen molar-refractivity contribution >= 4 is 5.71 Å². The van der Waals surface area contributed by atoms with Gasteiger partial charge < -0.3 is 0 Å². The lowest BCUT2D eigenvalue weighted by atomic mass is 9.98. The summed E-state index contributed by atoms with van der Waals surface area (Å²) in [6.45, 7) is 11.4. The van der Waals surface area contributed by atoms with Crippen LogP contribution in [0, 0.1) is 0 Å². The minimum atomic E-state index is -0.198. The molecule has 0 N–H and O–H groups in total. The number of hydrogen-bond donors (Lipinski definition) is 0. The largest absolute Gasteiger partial charge is 0.292 e. The molecule has 3 heteroatoms. The van der Waals surface area contributed by atoms with Gasteiger partial charge in [-0.3, -0.25) is 9.83 Å². The van der Waals surface area contributed by atoms with E-state index in [9.17, 15) is 0 Å². The van der Waals surface area contributed by atoms with E-state index in [1.165, 1.54) is 6.42 Å². The Morgan fingerprint density at radius 3 is 2.43 bits per heavy atom. The fourth-order valence-electron chi connectivity index (χ4n) is 1.45. The molecule has 0 spiro atoms. The Bertz CT molecular complexity index is 211. The molecule has 0 radical (unpaired) electrons. The zero-order chi connectivity index (χ0) is 10.6. The van der Waals surface area contributed by atoms with Crippen LogP contribution in [0.5, 0.6) is 0 Å². The summed E-state index contributed by atoms with van der Waals surface area (Å²) in [6.07, 6.45) is 2.22. The maximum atomic E-state index is 5.94. The summed E-state index contributed by atoms with van der Waals surface area (Å²) in [7, 11) is 0. The Balaban J connectivity index is 2.58. The van der Waals surface area contributed by atoms with Crippen molar-refractivity contribution in [3.63, 3.8) is 0 Å². The van der Waals surface area contributed by atoms with Crippen molar-refractivity contribution in [2.75, 3.05) is 19.6 Å². The van der Waals surface area contributed by atoms with E-state index in [2.05, 4.69) is 32.7 Å². The SMILES string of the molecule is CCN=C(C)C(C)(CC)ON1CCC1. The molecule has 1 saturated heterocycles. The van der Waals surface area contributed by atoms with Crippen LogP contribution < -0.4 is 0 Å². The summed E-state index contributed by atoms with van der Waals surface area (Å²) in [5.74, 6) is 0. The van der Waals surface area contributed by atoms with Gasteiger partial charge in [0, 0.05) is 25.3 Å². The van der Waals surface area contributed by atoms with Gasteiger partial charge in [-0.2, -0.15) is 5.06 Å². The minimum absolute atomic E-state index is 0.198. The molecule has 1 heterocycles. The highest BCUT2D eigenvalue weighted by Gasteiger charge is 2.31. The smallest absolute Gasteiger partial charge is 0.124 e. The molecular formula is C11H22N2O. The van der Waals surface area contributed by atoms with Crippen molar-refractivity contribution in [2.24, 2.45) is 4.99 Å². The first-order valence-corrected chi connectivity index (χ1v) is 5.58. The van der Waals surface area contributed by atoms with E-state index in [0.29, 0.717) is 0 Å². The fourth-order valence-corrected chi connectivity index (χ4v) is 1.45. The number of rotatable bonds is 5. The van der Waals surface area contributed by atoms with Crippen LogP contribution in [0.25, 0.3) is 0 Å². The summed E-state index contributed by atoms with van der Waals surface area (Å²) in [6, 6.07) is 0. The fraction of sp³-hybridized carbons (Fsp3) is 0.909. The maximum absolute atomic E-state index is 5.94. The van der Waals surface area contributed by atoms with E-state index in [1.54, 1.807) is 0 Å². The number of hydroxylamine groups is 2. The van der Waals surface area contributed by atoms with Gasteiger partial charge in [0.25, 0.3) is 0 Å². The lowest BCUT2D eigenvalue weighted by Crippen LogP contribution is -2.48. The Kier molecular flexibility index (Phi) is 4.08. The minimum Gasteiger partial charge on any atom is -0.292 e. The summed E-state index contributed by atoms with van der Waals surface area (Å²) in [5, 5.41) is 2.04. The lowest BCUT2D eigenvalue weighted by molar-refractivity contribution is -0.247. The van der Waals surface area contributed by atoms with Gasteiger partial charge in [-0.05, 0) is 33.6 Å². The third-order valence-corrected chi connectivity index (χ3v) is 2.98. The Morgan fingerprint density at radius 1 is 1.43 bits per heavy atom. The zero-order valence-electron chi connectivity index (χ0n) is 9.84. The molecule has 0 bridgehead atoms. The first-order chi connectivity index (χ1) is 6.62. The van der Waals surface area contributed by atoms with Crippen molar-refractivity contribution in [1.29, 1.82) is 0 Å². The van der Waals surface area contributed by atoms with E-state index in [-0.39, 0.29) is 5.60 Å². The predicted octanol–water partition coefficient (Wildman–Crippen LogP) is 2.27. The topological polar surface area (TPSA) is 24.8 Å². The lowest BCUT2D eigenvalue weighted by Gasteiger charge is -2.39. The summed E-state index contributed by atoms with van der Waals surface area (Å²) < 4.78 is 0. The van der Waals surface area contributed by atoms with Crippen molar-refractivity contribution in [3.8, 4) is 0 Å². The normalized spacial score (nSPS) is 23.0. The molecular weight excluding hydrogens is 176 g/mol. The van der Waals surface area contributed by atoms with Gasteiger partial charge in [-0.25, -0.2) is 0 Å². The van der Waals surface area contributed by atoms with E-state index in [4.69, 9.17) is 4.84 Å². The molecule has 1 aliphatic rings. The first kappa shape index (κ1) is 11.7. The van der Waals surface area contributed by atoms with Crippen LogP contribution in [0.15, 0.2) is 4.99 Å². The second-order valence-electron chi connectivity index (χ2n) is 4.02. The highest BCUT2D eigenvalue weighted by Crippen LogP contribution is 2.22. The molecule has 0 aromatic rings. The number of aliphatic imine (C=N–C) groups is 1. The molecule has 0 aromatic carbocycles. The molecule has 1 rings (SSSR count). The zero-order valence-corrected chi connectivity index (χ0v) is 9.84. The van der Waals surface area contributed by atoms with Crippen LogP contribution in [0.2, 0.25) is 0 Å². The second kappa shape index (κ2) is 4.89. The molecule has 1 unspecified atom stereocenters. The molecule has 0 saturated carbocycles. The Labute approximate surface area is 87.1 Å². The van der Waals surface area contributed by atoms with Gasteiger partial charge in [0.1, 0.15) is 5.60 Å². The van der Waals surface area contributed by atoms with Crippen molar-refractivity contribution in [1.82, 2.24) is 5.06 Å². The van der Waals surface area contributed by atoms with Crippen molar-refractivity contribution < 1.29 is 4.84 Å². The molecule has 82 valence electrons. The van der Waals surface area contributed by atoms with Gasteiger partial charge in [-0.15, -0.1) is 0 Å². The number of nitrogens with zero attached hydrogens (tertiary/aromatic N) is 2. The predicted molar refractivity (Wildman–Crippen MR) is 59.6 cm³/mol. The summed E-state index contributed by atoms with van der Waals surface area (Å²) >= 11 is 0. The third-order valence-electron chi connectivity index (χ3n) is 2.98. The average Bonchev–Trinajstić information content (AvgIpc) is 2.11. The van der Waals surface area contributed by atoms with Gasteiger partial charge in [0.2, 0.25) is 0 Å². The van der Waals surface area contributed by atoms with E-state index < -0.39 is 0 Å². The molecule has 0 amide bonds. The average molecular weight is 198 g/mol. The summed E-state index contributed by atoms with van der Waals surface area (Å²) in [5.41, 5.74) is 0.908. The van der Waals surface area contributed by atoms with E-state index >= 15 is 0 Å². The van der Waals surface area contributed by atoms with Crippen LogP contribution in [-0.4, -0.2) is 36.0 Å². The van der Waals surface area contributed by atoms with Crippen molar-refractivity contribution in [3.05, 3.63) is 0 Å². The molecule has 0 aromatic heterocycles. The molecule has 1 atom stereocenters. The molecule has 0 aliphatic carbocycles. The second-order valence-corrected chi connectivity index (χ2v) is 4.02.